The summed E-state index contributed by atoms with van der Waals surface area (Å²) in [5.74, 6) is -0.167. The molecule has 0 saturated carbocycles. The smallest absolute Gasteiger partial charge is 0.304 e. The summed E-state index contributed by atoms with van der Waals surface area (Å²) in [6, 6.07) is 13.2. The molecule has 0 aliphatic carbocycles. The van der Waals surface area contributed by atoms with E-state index < -0.39 is 0 Å². The van der Waals surface area contributed by atoms with E-state index in [1.165, 1.54) is 13.0 Å². The maximum atomic E-state index is 11.7. The zero-order valence-electron chi connectivity index (χ0n) is 18.2. The highest BCUT2D eigenvalue weighted by atomic mass is 16.5. The van der Waals surface area contributed by atoms with Gasteiger partial charge >= 0.3 is 5.97 Å². The molecule has 0 bridgehead atoms. The molecule has 8 nitrogen and oxygen atoms in total. The Bertz CT molecular complexity index is 1360. The number of nitrogens with zero attached hydrogens (tertiary/aromatic N) is 3. The molecule has 0 aliphatic rings. The molecule has 4 rings (SSSR count). The number of fused-ring (bicyclic) bond motifs is 1. The molecule has 0 unspecified atom stereocenters. The van der Waals surface area contributed by atoms with Crippen molar-refractivity contribution in [2.24, 2.45) is 0 Å². The van der Waals surface area contributed by atoms with E-state index in [0.717, 1.165) is 27.6 Å². The first-order valence-electron chi connectivity index (χ1n) is 10.1. The van der Waals surface area contributed by atoms with Crippen LogP contribution < -0.4 is 10.1 Å². The van der Waals surface area contributed by atoms with Crippen molar-refractivity contribution in [2.45, 2.75) is 13.7 Å². The van der Waals surface area contributed by atoms with Gasteiger partial charge in [-0.25, -0.2) is 9.97 Å². The first-order valence-corrected chi connectivity index (χ1v) is 10.1. The predicted octanol–water partition coefficient (Wildman–Crippen LogP) is 4.42. The number of carbonyl (C=O) groups is 2. The number of ether oxygens (including phenoxy) is 2. The van der Waals surface area contributed by atoms with Gasteiger partial charge in [-0.2, -0.15) is 0 Å². The Balaban J connectivity index is 1.83. The van der Waals surface area contributed by atoms with Crippen LogP contribution in [-0.4, -0.2) is 33.5 Å². The van der Waals surface area contributed by atoms with Gasteiger partial charge in [0.25, 0.3) is 0 Å². The quantitative estimate of drug-likeness (QED) is 0.336. The van der Waals surface area contributed by atoms with Crippen molar-refractivity contribution in [1.29, 1.82) is 0 Å². The summed E-state index contributed by atoms with van der Waals surface area (Å²) in [5, 5.41) is 3.64. The highest BCUT2D eigenvalue weighted by molar-refractivity contribution is 6.00. The maximum Gasteiger partial charge on any atom is 0.304 e. The minimum Gasteiger partial charge on any atom is -0.481 e. The number of esters is 1. The fourth-order valence-electron chi connectivity index (χ4n) is 3.48. The number of methoxy groups -OCH3 is 1. The van der Waals surface area contributed by atoms with Gasteiger partial charge in [0, 0.05) is 53.8 Å². The normalized spacial score (nSPS) is 10.6. The molecule has 0 spiro atoms. The monoisotopic (exact) mass is 442 g/mol. The van der Waals surface area contributed by atoms with Crippen molar-refractivity contribution in [3.63, 3.8) is 0 Å². The SMILES string of the molecule is C=CC(=O)Nc1cccc(-c2cnc3c(c2)c(-c2ccnc(OC)c2)cn3COC(C)=O)c1. The molecule has 0 radical (unpaired) electrons. The van der Waals surface area contributed by atoms with E-state index in [9.17, 15) is 9.59 Å². The molecular weight excluding hydrogens is 420 g/mol. The minimum atomic E-state index is -0.376. The molecule has 0 aliphatic heterocycles. The van der Waals surface area contributed by atoms with Crippen molar-refractivity contribution in [2.75, 3.05) is 12.4 Å². The Labute approximate surface area is 190 Å². The lowest BCUT2D eigenvalue weighted by molar-refractivity contribution is -0.144. The molecule has 3 aromatic heterocycles. The van der Waals surface area contributed by atoms with Crippen LogP contribution in [0.5, 0.6) is 5.88 Å². The molecule has 4 aromatic rings. The van der Waals surface area contributed by atoms with E-state index in [-0.39, 0.29) is 18.6 Å². The lowest BCUT2D eigenvalue weighted by Gasteiger charge is -2.08. The van der Waals surface area contributed by atoms with Gasteiger partial charge in [0.05, 0.1) is 7.11 Å². The summed E-state index contributed by atoms with van der Waals surface area (Å²) in [7, 11) is 1.56. The predicted molar refractivity (Wildman–Crippen MR) is 126 cm³/mol. The van der Waals surface area contributed by atoms with Gasteiger partial charge < -0.3 is 14.8 Å². The van der Waals surface area contributed by atoms with Crippen molar-refractivity contribution < 1.29 is 19.1 Å². The molecule has 1 N–H and O–H groups in total. The number of hydrogen-bond donors (Lipinski definition) is 1. The zero-order valence-corrected chi connectivity index (χ0v) is 18.2. The topological polar surface area (TPSA) is 95.3 Å². The third-order valence-corrected chi connectivity index (χ3v) is 5.02. The van der Waals surface area contributed by atoms with E-state index in [1.807, 2.05) is 42.6 Å². The number of anilines is 1. The first kappa shape index (κ1) is 21.8. The number of amides is 1. The second-order valence-corrected chi connectivity index (χ2v) is 7.23. The third-order valence-electron chi connectivity index (χ3n) is 5.02. The molecule has 1 aromatic carbocycles. The third kappa shape index (κ3) is 4.74. The van der Waals surface area contributed by atoms with E-state index in [1.54, 1.807) is 30.1 Å². The Morgan fingerprint density at radius 3 is 2.73 bits per heavy atom. The lowest BCUT2D eigenvalue weighted by atomic mass is 10.0. The molecule has 166 valence electrons. The number of pyridine rings is 2. The van der Waals surface area contributed by atoms with Gasteiger partial charge in [-0.3, -0.25) is 14.2 Å². The molecule has 0 saturated heterocycles. The average Bonchev–Trinajstić information content (AvgIpc) is 3.20. The number of carbonyl (C=O) groups excluding carboxylic acids is 2. The maximum absolute atomic E-state index is 11.7. The van der Waals surface area contributed by atoms with Crippen LogP contribution in [0.3, 0.4) is 0 Å². The van der Waals surface area contributed by atoms with Crippen molar-refractivity contribution >= 4 is 28.6 Å². The molecule has 1 amide bonds. The Kier molecular flexibility index (Phi) is 6.17. The van der Waals surface area contributed by atoms with Crippen LogP contribution >= 0.6 is 0 Å². The van der Waals surface area contributed by atoms with Crippen LogP contribution in [0, 0.1) is 0 Å². The average molecular weight is 442 g/mol. The fourth-order valence-corrected chi connectivity index (χ4v) is 3.48. The van der Waals surface area contributed by atoms with Crippen LogP contribution in [-0.2, 0) is 21.1 Å². The standard InChI is InChI=1S/C25H22N4O4/c1-4-23(31)28-20-7-5-6-17(10-20)19-11-21-22(18-8-9-26-24(12-18)32-3)14-29(15-33-16(2)30)25(21)27-13-19/h4-14H,1,15H2,2-3H3,(H,28,31). The lowest BCUT2D eigenvalue weighted by Crippen LogP contribution is -2.07. The summed E-state index contributed by atoms with van der Waals surface area (Å²) < 4.78 is 12.3. The number of rotatable bonds is 7. The van der Waals surface area contributed by atoms with E-state index in [2.05, 4.69) is 21.9 Å². The van der Waals surface area contributed by atoms with Gasteiger partial charge in [0.15, 0.2) is 6.73 Å². The molecule has 0 fully saturated rings. The first-order chi connectivity index (χ1) is 16.0. The van der Waals surface area contributed by atoms with Crippen LogP contribution in [0.4, 0.5) is 5.69 Å². The number of aromatic nitrogens is 3. The molecule has 8 heteroatoms. The summed E-state index contributed by atoms with van der Waals surface area (Å²) in [5.41, 5.74) is 4.86. The van der Waals surface area contributed by atoms with Crippen molar-refractivity contribution in [3.8, 4) is 28.1 Å². The highest BCUT2D eigenvalue weighted by Crippen LogP contribution is 2.34. The van der Waals surface area contributed by atoms with Gasteiger partial charge in [-0.05, 0) is 41.5 Å². The molecule has 33 heavy (non-hydrogen) atoms. The molecular formula is C25H22N4O4. The van der Waals surface area contributed by atoms with Gasteiger partial charge in [-0.1, -0.05) is 18.7 Å². The van der Waals surface area contributed by atoms with Crippen molar-refractivity contribution in [3.05, 3.63) is 73.7 Å². The van der Waals surface area contributed by atoms with Crippen LogP contribution in [0.1, 0.15) is 6.92 Å². The zero-order chi connectivity index (χ0) is 23.4. The Morgan fingerprint density at radius 2 is 1.97 bits per heavy atom. The minimum absolute atomic E-state index is 0.0451. The molecule has 0 atom stereocenters. The number of benzene rings is 1. The summed E-state index contributed by atoms with van der Waals surface area (Å²) >= 11 is 0. The summed E-state index contributed by atoms with van der Waals surface area (Å²) in [6.45, 7) is 4.89. The van der Waals surface area contributed by atoms with Gasteiger partial charge in [0.2, 0.25) is 11.8 Å². The van der Waals surface area contributed by atoms with E-state index in [4.69, 9.17) is 9.47 Å². The van der Waals surface area contributed by atoms with Crippen LogP contribution in [0.25, 0.3) is 33.3 Å². The largest absolute Gasteiger partial charge is 0.481 e. The Morgan fingerprint density at radius 1 is 1.12 bits per heavy atom. The van der Waals surface area contributed by atoms with Crippen LogP contribution in [0.15, 0.2) is 73.7 Å². The van der Waals surface area contributed by atoms with Gasteiger partial charge in [-0.15, -0.1) is 0 Å². The highest BCUT2D eigenvalue weighted by Gasteiger charge is 2.15. The fraction of sp³-hybridized carbons (Fsp3) is 0.120. The van der Waals surface area contributed by atoms with Gasteiger partial charge in [0.1, 0.15) is 5.65 Å². The summed E-state index contributed by atoms with van der Waals surface area (Å²) in [4.78, 5) is 31.9. The number of nitrogens with one attached hydrogen (secondary N) is 1. The summed E-state index contributed by atoms with van der Waals surface area (Å²) in [6.07, 6.45) is 6.53. The van der Waals surface area contributed by atoms with E-state index in [0.29, 0.717) is 17.2 Å². The second-order valence-electron chi connectivity index (χ2n) is 7.23. The second kappa shape index (κ2) is 9.35. The Hall–Kier alpha value is -4.46. The van der Waals surface area contributed by atoms with Crippen LogP contribution in [0.2, 0.25) is 0 Å². The van der Waals surface area contributed by atoms with E-state index >= 15 is 0 Å². The van der Waals surface area contributed by atoms with Crippen molar-refractivity contribution in [1.82, 2.24) is 14.5 Å². The molecule has 3 heterocycles. The number of hydrogen-bond acceptors (Lipinski definition) is 6.